The van der Waals surface area contributed by atoms with E-state index in [1.807, 2.05) is 6.07 Å². The van der Waals surface area contributed by atoms with E-state index in [4.69, 9.17) is 0 Å². The highest BCUT2D eigenvalue weighted by Gasteiger charge is 2.11. The van der Waals surface area contributed by atoms with Crippen molar-refractivity contribution in [3.63, 3.8) is 0 Å². The SMILES string of the molecule is CCCCc1ccc2nc(NC(=O)c3ccc(=O)[nH]n3)sc2c1. The standard InChI is InChI=1S/C16H16N4O2S/c1-2-3-4-10-5-6-11-13(9-10)23-16(17-11)18-15(22)12-7-8-14(21)20-19-12/h5-9H,2-4H2,1H3,(H,20,21)(H,17,18,22). The average molecular weight is 328 g/mol. The van der Waals surface area contributed by atoms with Crippen molar-refractivity contribution in [2.75, 3.05) is 5.32 Å². The summed E-state index contributed by atoms with van der Waals surface area (Å²) in [5, 5.41) is 9.17. The number of hydrogen-bond donors (Lipinski definition) is 2. The third kappa shape index (κ3) is 3.62. The van der Waals surface area contributed by atoms with Crippen LogP contribution in [0.1, 0.15) is 35.8 Å². The molecule has 7 heteroatoms. The number of fused-ring (bicyclic) bond motifs is 1. The Labute approximate surface area is 136 Å². The van der Waals surface area contributed by atoms with Gasteiger partial charge in [0.15, 0.2) is 5.13 Å². The molecule has 1 aromatic carbocycles. The lowest BCUT2D eigenvalue weighted by Crippen LogP contribution is -2.17. The lowest BCUT2D eigenvalue weighted by atomic mass is 10.1. The van der Waals surface area contributed by atoms with Crippen LogP contribution in [0, 0.1) is 0 Å². The fraction of sp³-hybridized carbons (Fsp3) is 0.250. The van der Waals surface area contributed by atoms with Crippen molar-refractivity contribution in [2.24, 2.45) is 0 Å². The van der Waals surface area contributed by atoms with Crippen molar-refractivity contribution in [1.82, 2.24) is 15.2 Å². The number of unbranched alkanes of at least 4 members (excludes halogenated alkanes) is 1. The van der Waals surface area contributed by atoms with E-state index in [1.165, 1.54) is 29.0 Å². The third-order valence-corrected chi connectivity index (χ3v) is 4.34. The fourth-order valence-corrected chi connectivity index (χ4v) is 3.12. The molecule has 6 nitrogen and oxygen atoms in total. The predicted octanol–water partition coefficient (Wildman–Crippen LogP) is 2.97. The number of anilines is 1. The highest BCUT2D eigenvalue weighted by Crippen LogP contribution is 2.27. The number of nitrogens with zero attached hydrogens (tertiary/aromatic N) is 2. The van der Waals surface area contributed by atoms with E-state index in [1.54, 1.807) is 0 Å². The summed E-state index contributed by atoms with van der Waals surface area (Å²) in [6.07, 6.45) is 3.37. The lowest BCUT2D eigenvalue weighted by molar-refractivity contribution is 0.102. The Morgan fingerprint density at radius 2 is 2.17 bits per heavy atom. The zero-order chi connectivity index (χ0) is 16.2. The van der Waals surface area contributed by atoms with Crippen LogP contribution in [0.5, 0.6) is 0 Å². The molecule has 2 aromatic heterocycles. The molecule has 2 N–H and O–H groups in total. The van der Waals surface area contributed by atoms with E-state index in [9.17, 15) is 9.59 Å². The van der Waals surface area contributed by atoms with Crippen molar-refractivity contribution in [3.8, 4) is 0 Å². The summed E-state index contributed by atoms with van der Waals surface area (Å²) in [6, 6.07) is 8.82. The topological polar surface area (TPSA) is 87.7 Å². The maximum Gasteiger partial charge on any atom is 0.277 e. The van der Waals surface area contributed by atoms with Crippen LogP contribution in [0.2, 0.25) is 0 Å². The number of H-pyrrole nitrogens is 1. The number of hydrogen-bond acceptors (Lipinski definition) is 5. The number of carbonyl (C=O) groups excluding carboxylic acids is 1. The molecule has 0 aliphatic rings. The third-order valence-electron chi connectivity index (χ3n) is 3.40. The summed E-state index contributed by atoms with van der Waals surface area (Å²) >= 11 is 1.43. The average Bonchev–Trinajstić information content (AvgIpc) is 2.94. The van der Waals surface area contributed by atoms with E-state index in [2.05, 4.69) is 39.6 Å². The van der Waals surface area contributed by atoms with Gasteiger partial charge in [-0.25, -0.2) is 10.1 Å². The number of carbonyl (C=O) groups is 1. The monoisotopic (exact) mass is 328 g/mol. The number of aryl methyl sites for hydroxylation is 1. The van der Waals surface area contributed by atoms with Crippen LogP contribution >= 0.6 is 11.3 Å². The van der Waals surface area contributed by atoms with Crippen molar-refractivity contribution in [1.29, 1.82) is 0 Å². The molecule has 23 heavy (non-hydrogen) atoms. The molecule has 3 aromatic rings. The minimum absolute atomic E-state index is 0.146. The summed E-state index contributed by atoms with van der Waals surface area (Å²) in [5.74, 6) is -0.397. The van der Waals surface area contributed by atoms with Gasteiger partial charge in [0, 0.05) is 6.07 Å². The first-order chi connectivity index (χ1) is 11.2. The first-order valence-corrected chi connectivity index (χ1v) is 8.24. The number of aromatic nitrogens is 3. The molecule has 0 aliphatic carbocycles. The van der Waals surface area contributed by atoms with Crippen LogP contribution in [0.3, 0.4) is 0 Å². The van der Waals surface area contributed by atoms with Crippen LogP contribution < -0.4 is 10.9 Å². The largest absolute Gasteiger partial charge is 0.296 e. The first kappa shape index (κ1) is 15.4. The Hall–Kier alpha value is -2.54. The highest BCUT2D eigenvalue weighted by atomic mass is 32.1. The molecule has 3 rings (SSSR count). The van der Waals surface area contributed by atoms with Crippen LogP contribution in [-0.4, -0.2) is 21.1 Å². The van der Waals surface area contributed by atoms with Crippen molar-refractivity contribution in [3.05, 3.63) is 51.9 Å². The number of rotatable bonds is 5. The molecular formula is C16H16N4O2S. The minimum atomic E-state index is -0.397. The molecular weight excluding hydrogens is 312 g/mol. The second-order valence-electron chi connectivity index (χ2n) is 5.19. The molecule has 0 fully saturated rings. The molecule has 0 saturated carbocycles. The van der Waals surface area contributed by atoms with Gasteiger partial charge >= 0.3 is 0 Å². The first-order valence-electron chi connectivity index (χ1n) is 7.42. The van der Waals surface area contributed by atoms with Crippen LogP contribution in [-0.2, 0) is 6.42 Å². The number of thiazole rings is 1. The van der Waals surface area contributed by atoms with Gasteiger partial charge in [-0.3, -0.25) is 14.9 Å². The Kier molecular flexibility index (Phi) is 4.47. The Balaban J connectivity index is 1.78. The van der Waals surface area contributed by atoms with E-state index in [0.29, 0.717) is 5.13 Å². The number of amides is 1. The molecule has 0 unspecified atom stereocenters. The number of benzene rings is 1. The van der Waals surface area contributed by atoms with Crippen LogP contribution in [0.15, 0.2) is 35.1 Å². The molecule has 0 aliphatic heterocycles. The number of nitrogens with one attached hydrogen (secondary N) is 2. The van der Waals surface area contributed by atoms with Gasteiger partial charge in [-0.15, -0.1) is 0 Å². The Bertz CT molecular complexity index is 880. The molecule has 0 atom stereocenters. The minimum Gasteiger partial charge on any atom is -0.296 e. The van der Waals surface area contributed by atoms with E-state index < -0.39 is 5.91 Å². The molecule has 118 valence electrons. The number of aromatic amines is 1. The molecule has 0 radical (unpaired) electrons. The van der Waals surface area contributed by atoms with Crippen LogP contribution in [0.4, 0.5) is 5.13 Å². The van der Waals surface area contributed by atoms with E-state index >= 15 is 0 Å². The van der Waals surface area contributed by atoms with Crippen molar-refractivity contribution >= 4 is 32.6 Å². The van der Waals surface area contributed by atoms with E-state index in [-0.39, 0.29) is 11.3 Å². The molecule has 1 amide bonds. The summed E-state index contributed by atoms with van der Waals surface area (Å²) in [5.41, 5.74) is 1.94. The fourth-order valence-electron chi connectivity index (χ4n) is 2.19. The van der Waals surface area contributed by atoms with Gasteiger partial charge in [0.1, 0.15) is 5.69 Å². The van der Waals surface area contributed by atoms with Gasteiger partial charge in [0.2, 0.25) is 0 Å². The lowest BCUT2D eigenvalue weighted by Gasteiger charge is -1.98. The molecule has 2 heterocycles. The summed E-state index contributed by atoms with van der Waals surface area (Å²) in [6.45, 7) is 2.17. The molecule has 0 saturated heterocycles. The van der Waals surface area contributed by atoms with Gasteiger partial charge in [-0.2, -0.15) is 5.10 Å². The quantitative estimate of drug-likeness (QED) is 0.753. The van der Waals surface area contributed by atoms with Gasteiger partial charge in [0.05, 0.1) is 10.2 Å². The highest BCUT2D eigenvalue weighted by molar-refractivity contribution is 7.22. The van der Waals surface area contributed by atoms with Gasteiger partial charge in [0.25, 0.3) is 11.5 Å². The zero-order valence-corrected chi connectivity index (χ0v) is 13.4. The normalized spacial score (nSPS) is 10.8. The van der Waals surface area contributed by atoms with Gasteiger partial charge < -0.3 is 0 Å². The van der Waals surface area contributed by atoms with Gasteiger partial charge in [-0.05, 0) is 36.6 Å². The second-order valence-corrected chi connectivity index (χ2v) is 6.22. The van der Waals surface area contributed by atoms with Crippen molar-refractivity contribution < 1.29 is 4.79 Å². The smallest absolute Gasteiger partial charge is 0.277 e. The van der Waals surface area contributed by atoms with Crippen LogP contribution in [0.25, 0.3) is 10.2 Å². The summed E-state index contributed by atoms with van der Waals surface area (Å²) < 4.78 is 1.04. The maximum atomic E-state index is 12.1. The molecule has 0 spiro atoms. The van der Waals surface area contributed by atoms with Gasteiger partial charge in [-0.1, -0.05) is 30.7 Å². The summed E-state index contributed by atoms with van der Waals surface area (Å²) in [4.78, 5) is 27.5. The maximum absolute atomic E-state index is 12.1. The Morgan fingerprint density at radius 1 is 1.30 bits per heavy atom. The van der Waals surface area contributed by atoms with E-state index in [0.717, 1.165) is 29.5 Å². The predicted molar refractivity (Wildman–Crippen MR) is 91.0 cm³/mol. The Morgan fingerprint density at radius 3 is 2.91 bits per heavy atom. The second kappa shape index (κ2) is 6.70. The summed E-state index contributed by atoms with van der Waals surface area (Å²) in [7, 11) is 0. The van der Waals surface area contributed by atoms with Crippen molar-refractivity contribution in [2.45, 2.75) is 26.2 Å². The zero-order valence-electron chi connectivity index (χ0n) is 12.6. The molecule has 0 bridgehead atoms.